The number of anilines is 1. The number of ketones is 1. The van der Waals surface area contributed by atoms with E-state index in [-0.39, 0.29) is 17.9 Å². The Kier molecular flexibility index (Phi) is 5.27. The fourth-order valence-corrected chi connectivity index (χ4v) is 3.05. The van der Waals surface area contributed by atoms with Gasteiger partial charge in [-0.3, -0.25) is 4.79 Å². The monoisotopic (exact) mass is 445 g/mol. The Hall–Kier alpha value is -2.36. The molecule has 3 rings (SSSR count). The summed E-state index contributed by atoms with van der Waals surface area (Å²) in [5, 5.41) is 6.59. The predicted molar refractivity (Wildman–Crippen MR) is 93.8 cm³/mol. The van der Waals surface area contributed by atoms with E-state index in [0.29, 0.717) is 5.56 Å². The highest BCUT2D eigenvalue weighted by molar-refractivity contribution is 9.10. The zero-order chi connectivity index (χ0) is 19.8. The number of nitrogens with one attached hydrogen (secondary N) is 1. The van der Waals surface area contributed by atoms with Crippen molar-refractivity contribution in [2.45, 2.75) is 31.6 Å². The summed E-state index contributed by atoms with van der Waals surface area (Å²) in [5.74, 6) is -1.31. The fourth-order valence-electron chi connectivity index (χ4n) is 2.78. The van der Waals surface area contributed by atoms with E-state index >= 15 is 0 Å². The summed E-state index contributed by atoms with van der Waals surface area (Å²) < 4.78 is 46.1. The molecule has 0 bridgehead atoms. The van der Waals surface area contributed by atoms with Crippen LogP contribution in [0.25, 0.3) is 0 Å². The van der Waals surface area contributed by atoms with Crippen LogP contribution in [0.1, 0.15) is 40.2 Å². The second kappa shape index (κ2) is 7.34. The Balaban J connectivity index is 1.71. The van der Waals surface area contributed by atoms with E-state index in [1.165, 1.54) is 6.07 Å². The van der Waals surface area contributed by atoms with E-state index in [0.717, 1.165) is 9.15 Å². The van der Waals surface area contributed by atoms with Gasteiger partial charge in [-0.2, -0.15) is 18.3 Å². The first-order valence-electron chi connectivity index (χ1n) is 8.04. The van der Waals surface area contributed by atoms with E-state index in [4.69, 9.17) is 4.74 Å². The molecule has 2 atom stereocenters. The highest BCUT2D eigenvalue weighted by Crippen LogP contribution is 2.39. The lowest BCUT2D eigenvalue weighted by molar-refractivity contribution is -0.173. The highest BCUT2D eigenvalue weighted by atomic mass is 79.9. The number of nitrogens with zero attached hydrogens (tertiary/aromatic N) is 2. The first-order valence-corrected chi connectivity index (χ1v) is 8.83. The van der Waals surface area contributed by atoms with Gasteiger partial charge in [-0.25, -0.2) is 9.48 Å². The number of ether oxygens (including phenoxy) is 1. The lowest BCUT2D eigenvalue weighted by atomic mass is 10.1. The van der Waals surface area contributed by atoms with Crippen LogP contribution in [0.4, 0.5) is 19.0 Å². The SMILES string of the molecule is C[C@H]1C[C@H](C(F)(F)F)n2nc(C(=O)OCC(=O)c3ccc(Br)cc3)cc2N1. The van der Waals surface area contributed by atoms with Crippen LogP contribution in [0.5, 0.6) is 0 Å². The number of aromatic nitrogens is 2. The zero-order valence-electron chi connectivity index (χ0n) is 14.1. The summed E-state index contributed by atoms with van der Waals surface area (Å²) >= 11 is 3.24. The smallest absolute Gasteiger partial charge is 0.410 e. The fraction of sp³-hybridized carbons (Fsp3) is 0.353. The number of benzene rings is 1. The number of carbonyl (C=O) groups excluding carboxylic acids is 2. The molecule has 1 aliphatic heterocycles. The van der Waals surface area contributed by atoms with Gasteiger partial charge in [-0.05, 0) is 25.5 Å². The van der Waals surface area contributed by atoms with Crippen LogP contribution in [0.3, 0.4) is 0 Å². The molecule has 144 valence electrons. The van der Waals surface area contributed by atoms with E-state index in [9.17, 15) is 22.8 Å². The molecule has 0 saturated carbocycles. The predicted octanol–water partition coefficient (Wildman–Crippen LogP) is 3.99. The molecule has 1 aromatic heterocycles. The van der Waals surface area contributed by atoms with Crippen molar-refractivity contribution in [1.29, 1.82) is 0 Å². The van der Waals surface area contributed by atoms with Gasteiger partial charge in [0.1, 0.15) is 5.82 Å². The van der Waals surface area contributed by atoms with Crippen LogP contribution in [-0.4, -0.2) is 40.4 Å². The molecule has 1 aliphatic rings. The molecule has 0 unspecified atom stereocenters. The van der Waals surface area contributed by atoms with E-state index in [1.807, 2.05) is 0 Å². The number of hydrogen-bond acceptors (Lipinski definition) is 5. The largest absolute Gasteiger partial charge is 0.453 e. The summed E-state index contributed by atoms with van der Waals surface area (Å²) in [6, 6.07) is 5.41. The molecular formula is C17H15BrF3N3O3. The van der Waals surface area contributed by atoms with Gasteiger partial charge in [-0.1, -0.05) is 28.1 Å². The van der Waals surface area contributed by atoms with E-state index < -0.39 is 36.6 Å². The number of fused-ring (bicyclic) bond motifs is 1. The maximum absolute atomic E-state index is 13.2. The van der Waals surface area contributed by atoms with Crippen LogP contribution in [-0.2, 0) is 4.74 Å². The Labute approximate surface area is 160 Å². The van der Waals surface area contributed by atoms with Crippen LogP contribution in [0, 0.1) is 0 Å². The summed E-state index contributed by atoms with van der Waals surface area (Å²) in [7, 11) is 0. The van der Waals surface area contributed by atoms with Crippen molar-refractivity contribution in [3.05, 3.63) is 46.1 Å². The summed E-state index contributed by atoms with van der Waals surface area (Å²) in [4.78, 5) is 24.2. The Bertz CT molecular complexity index is 865. The van der Waals surface area contributed by atoms with Gasteiger partial charge in [0.2, 0.25) is 0 Å². The minimum Gasteiger partial charge on any atom is -0.453 e. The van der Waals surface area contributed by atoms with Gasteiger partial charge in [0.15, 0.2) is 24.1 Å². The Morgan fingerprint density at radius 2 is 2.00 bits per heavy atom. The number of rotatable bonds is 4. The van der Waals surface area contributed by atoms with Crippen LogP contribution < -0.4 is 5.32 Å². The van der Waals surface area contributed by atoms with Crippen LogP contribution >= 0.6 is 15.9 Å². The molecule has 0 saturated heterocycles. The minimum atomic E-state index is -4.49. The third kappa shape index (κ3) is 4.32. The van der Waals surface area contributed by atoms with Crippen molar-refractivity contribution < 1.29 is 27.5 Å². The number of alkyl halides is 3. The van der Waals surface area contributed by atoms with Gasteiger partial charge in [0, 0.05) is 22.1 Å². The third-order valence-electron chi connectivity index (χ3n) is 4.09. The number of carbonyl (C=O) groups is 2. The van der Waals surface area contributed by atoms with E-state index in [1.54, 1.807) is 31.2 Å². The van der Waals surface area contributed by atoms with E-state index in [2.05, 4.69) is 26.3 Å². The molecule has 27 heavy (non-hydrogen) atoms. The lowest BCUT2D eigenvalue weighted by Crippen LogP contribution is -2.37. The summed E-state index contributed by atoms with van der Waals surface area (Å²) in [6.45, 7) is 1.08. The van der Waals surface area contributed by atoms with Crippen molar-refractivity contribution in [3.63, 3.8) is 0 Å². The zero-order valence-corrected chi connectivity index (χ0v) is 15.7. The molecule has 1 N–H and O–H groups in total. The molecule has 2 aromatic rings. The van der Waals surface area contributed by atoms with Gasteiger partial charge >= 0.3 is 12.1 Å². The van der Waals surface area contributed by atoms with Crippen molar-refractivity contribution >= 4 is 33.5 Å². The molecule has 10 heteroatoms. The molecule has 0 fully saturated rings. The van der Waals surface area contributed by atoms with Crippen molar-refractivity contribution in [1.82, 2.24) is 9.78 Å². The van der Waals surface area contributed by atoms with Crippen LogP contribution in [0.15, 0.2) is 34.8 Å². The van der Waals surface area contributed by atoms with Crippen LogP contribution in [0.2, 0.25) is 0 Å². The maximum Gasteiger partial charge on any atom is 0.410 e. The van der Waals surface area contributed by atoms with Gasteiger partial charge in [0.05, 0.1) is 0 Å². The number of esters is 1. The maximum atomic E-state index is 13.2. The van der Waals surface area contributed by atoms with Gasteiger partial charge in [-0.15, -0.1) is 0 Å². The van der Waals surface area contributed by atoms with Crippen molar-refractivity contribution in [3.8, 4) is 0 Å². The quantitative estimate of drug-likeness (QED) is 0.568. The molecule has 0 amide bonds. The average Bonchev–Trinajstić information content (AvgIpc) is 3.02. The standard InChI is InChI=1S/C17H15BrF3N3O3/c1-9-6-14(17(19,20)21)24-15(22-9)7-12(23-24)16(26)27-8-13(25)10-2-4-11(18)5-3-10/h2-5,7,9,14,22H,6,8H2,1H3/t9-,14+/m0/s1. The third-order valence-corrected chi connectivity index (χ3v) is 4.62. The topological polar surface area (TPSA) is 73.2 Å². The van der Waals surface area contributed by atoms with Crippen molar-refractivity contribution in [2.24, 2.45) is 0 Å². The molecule has 6 nitrogen and oxygen atoms in total. The minimum absolute atomic E-state index is 0.0854. The second-order valence-corrected chi connectivity index (χ2v) is 7.12. The molecule has 2 heterocycles. The lowest BCUT2D eigenvalue weighted by Gasteiger charge is -2.31. The average molecular weight is 446 g/mol. The number of halogens is 4. The molecule has 0 spiro atoms. The molecule has 1 aromatic carbocycles. The number of Topliss-reactive ketones (excluding diaryl/α,β-unsaturated/α-hetero) is 1. The van der Waals surface area contributed by atoms with Gasteiger partial charge in [0.25, 0.3) is 0 Å². The Morgan fingerprint density at radius 1 is 1.33 bits per heavy atom. The summed E-state index contributed by atoms with van der Waals surface area (Å²) in [6.07, 6.45) is -4.69. The molecular weight excluding hydrogens is 431 g/mol. The van der Waals surface area contributed by atoms with Crippen molar-refractivity contribution in [2.75, 3.05) is 11.9 Å². The molecule has 0 aliphatic carbocycles. The normalized spacial score (nSPS) is 19.1. The number of hydrogen-bond donors (Lipinski definition) is 1. The first kappa shape index (κ1) is 19.4. The first-order chi connectivity index (χ1) is 12.6. The summed E-state index contributed by atoms with van der Waals surface area (Å²) in [5.41, 5.74) is 0.0622. The second-order valence-electron chi connectivity index (χ2n) is 6.20. The molecule has 0 radical (unpaired) electrons. The van der Waals surface area contributed by atoms with Gasteiger partial charge < -0.3 is 10.1 Å². The highest BCUT2D eigenvalue weighted by Gasteiger charge is 2.45. The Morgan fingerprint density at radius 3 is 2.63 bits per heavy atom.